The Hall–Kier alpha value is -1.82. The minimum atomic E-state index is -0.347. The standard InChI is InChI=1S/C20H18Cl2N2O2S/c1-12-7-9-23(10-8-12)18-16(15-6-3-11-27-15)19(25)24(20(18)26)14-5-2-4-13(21)17(14)22/h2-6,11-12H,7-10H2,1H3. The molecule has 2 aromatic rings. The van der Waals surface area contributed by atoms with Crippen molar-refractivity contribution in [1.82, 2.24) is 4.90 Å². The van der Waals surface area contributed by atoms with E-state index in [1.165, 1.54) is 11.3 Å². The topological polar surface area (TPSA) is 40.6 Å². The molecule has 0 N–H and O–H groups in total. The number of amides is 2. The number of halogens is 2. The molecule has 1 fully saturated rings. The summed E-state index contributed by atoms with van der Waals surface area (Å²) in [5.41, 5.74) is 1.26. The fraction of sp³-hybridized carbons (Fsp3) is 0.300. The summed E-state index contributed by atoms with van der Waals surface area (Å²) in [4.78, 5) is 30.7. The van der Waals surface area contributed by atoms with Crippen LogP contribution in [0.3, 0.4) is 0 Å². The molecule has 2 amide bonds. The minimum Gasteiger partial charge on any atom is -0.366 e. The second-order valence-electron chi connectivity index (χ2n) is 6.89. The van der Waals surface area contributed by atoms with Crippen LogP contribution in [0, 0.1) is 5.92 Å². The highest BCUT2D eigenvalue weighted by molar-refractivity contribution is 7.11. The molecule has 0 spiro atoms. The molecule has 140 valence electrons. The van der Waals surface area contributed by atoms with Crippen LogP contribution in [0.4, 0.5) is 5.69 Å². The lowest BCUT2D eigenvalue weighted by atomic mass is 9.98. The summed E-state index contributed by atoms with van der Waals surface area (Å²) in [7, 11) is 0. The lowest BCUT2D eigenvalue weighted by Gasteiger charge is -2.32. The van der Waals surface area contributed by atoms with Crippen molar-refractivity contribution < 1.29 is 9.59 Å². The highest BCUT2D eigenvalue weighted by Crippen LogP contribution is 2.41. The molecule has 1 saturated heterocycles. The van der Waals surface area contributed by atoms with E-state index in [1.807, 2.05) is 22.4 Å². The molecule has 0 aliphatic carbocycles. The molecular weight excluding hydrogens is 403 g/mol. The van der Waals surface area contributed by atoms with Crippen molar-refractivity contribution in [2.45, 2.75) is 19.8 Å². The van der Waals surface area contributed by atoms with Gasteiger partial charge in [-0.25, -0.2) is 4.90 Å². The van der Waals surface area contributed by atoms with Gasteiger partial charge in [-0.1, -0.05) is 42.3 Å². The Balaban J connectivity index is 1.81. The van der Waals surface area contributed by atoms with Gasteiger partial charge in [0.1, 0.15) is 5.70 Å². The number of likely N-dealkylation sites (tertiary alicyclic amines) is 1. The van der Waals surface area contributed by atoms with Gasteiger partial charge in [0.15, 0.2) is 0 Å². The number of hydrogen-bond donors (Lipinski definition) is 0. The molecular formula is C20H18Cl2N2O2S. The van der Waals surface area contributed by atoms with Crippen LogP contribution in [0.25, 0.3) is 5.57 Å². The number of benzene rings is 1. The molecule has 3 heterocycles. The van der Waals surface area contributed by atoms with E-state index in [1.54, 1.807) is 18.2 Å². The fourth-order valence-corrected chi connectivity index (χ4v) is 4.71. The van der Waals surface area contributed by atoms with E-state index in [2.05, 4.69) is 6.92 Å². The molecule has 4 nitrogen and oxygen atoms in total. The van der Waals surface area contributed by atoms with Gasteiger partial charge in [-0.2, -0.15) is 0 Å². The van der Waals surface area contributed by atoms with Crippen LogP contribution < -0.4 is 4.90 Å². The number of rotatable bonds is 3. The van der Waals surface area contributed by atoms with Crippen LogP contribution in [0.1, 0.15) is 24.6 Å². The zero-order chi connectivity index (χ0) is 19.1. The molecule has 0 atom stereocenters. The highest BCUT2D eigenvalue weighted by atomic mass is 35.5. The van der Waals surface area contributed by atoms with Crippen molar-refractivity contribution in [3.63, 3.8) is 0 Å². The first-order valence-electron chi connectivity index (χ1n) is 8.85. The monoisotopic (exact) mass is 420 g/mol. The van der Waals surface area contributed by atoms with Crippen molar-refractivity contribution in [2.75, 3.05) is 18.0 Å². The molecule has 0 unspecified atom stereocenters. The molecule has 4 rings (SSSR count). The normalized spacial score (nSPS) is 18.8. The summed E-state index contributed by atoms with van der Waals surface area (Å²) in [5.74, 6) is -0.0555. The third-order valence-electron chi connectivity index (χ3n) is 5.10. The van der Waals surface area contributed by atoms with Gasteiger partial charge in [0.25, 0.3) is 11.8 Å². The van der Waals surface area contributed by atoms with Gasteiger partial charge in [0, 0.05) is 18.0 Å². The molecule has 1 aromatic heterocycles. The summed E-state index contributed by atoms with van der Waals surface area (Å²) in [5, 5.41) is 2.43. The van der Waals surface area contributed by atoms with Gasteiger partial charge in [0.05, 0.1) is 21.3 Å². The van der Waals surface area contributed by atoms with Crippen LogP contribution in [-0.4, -0.2) is 29.8 Å². The van der Waals surface area contributed by atoms with Crippen molar-refractivity contribution in [1.29, 1.82) is 0 Å². The molecule has 0 saturated carbocycles. The van der Waals surface area contributed by atoms with Crippen LogP contribution in [0.5, 0.6) is 0 Å². The molecule has 0 bridgehead atoms. The third-order valence-corrected chi connectivity index (χ3v) is 6.80. The third kappa shape index (κ3) is 3.18. The molecule has 0 radical (unpaired) electrons. The Morgan fingerprint density at radius 2 is 1.78 bits per heavy atom. The first-order chi connectivity index (χ1) is 13.0. The summed E-state index contributed by atoms with van der Waals surface area (Å²) in [6.07, 6.45) is 2.00. The number of imide groups is 1. The first-order valence-corrected chi connectivity index (χ1v) is 10.5. The number of thiophene rings is 1. The Morgan fingerprint density at radius 1 is 1.04 bits per heavy atom. The van der Waals surface area contributed by atoms with Gasteiger partial charge in [-0.3, -0.25) is 9.59 Å². The largest absolute Gasteiger partial charge is 0.366 e. The maximum atomic E-state index is 13.4. The van der Waals surface area contributed by atoms with Gasteiger partial charge >= 0.3 is 0 Å². The van der Waals surface area contributed by atoms with E-state index in [9.17, 15) is 9.59 Å². The van der Waals surface area contributed by atoms with E-state index in [4.69, 9.17) is 23.2 Å². The smallest absolute Gasteiger partial charge is 0.282 e. The van der Waals surface area contributed by atoms with E-state index < -0.39 is 0 Å². The Kier molecular flexibility index (Phi) is 5.01. The quantitative estimate of drug-likeness (QED) is 0.650. The van der Waals surface area contributed by atoms with Crippen molar-refractivity contribution in [3.05, 3.63) is 56.3 Å². The van der Waals surface area contributed by atoms with Gasteiger partial charge < -0.3 is 4.90 Å². The predicted molar refractivity (Wildman–Crippen MR) is 110 cm³/mol. The Labute approximate surface area is 172 Å². The zero-order valence-electron chi connectivity index (χ0n) is 14.7. The summed E-state index contributed by atoms with van der Waals surface area (Å²) in [6.45, 7) is 3.74. The van der Waals surface area contributed by atoms with Crippen LogP contribution >= 0.6 is 34.5 Å². The van der Waals surface area contributed by atoms with Crippen molar-refractivity contribution in [2.24, 2.45) is 5.92 Å². The van der Waals surface area contributed by atoms with Crippen molar-refractivity contribution >= 4 is 57.6 Å². The maximum Gasteiger partial charge on any atom is 0.282 e. The van der Waals surface area contributed by atoms with E-state index in [0.29, 0.717) is 27.9 Å². The molecule has 1 aromatic carbocycles. The molecule has 27 heavy (non-hydrogen) atoms. The number of hydrogen-bond acceptors (Lipinski definition) is 4. The average Bonchev–Trinajstić information content (AvgIpc) is 3.25. The second-order valence-corrected chi connectivity index (χ2v) is 8.62. The van der Waals surface area contributed by atoms with Gasteiger partial charge in [0.2, 0.25) is 0 Å². The summed E-state index contributed by atoms with van der Waals surface area (Å²) in [6, 6.07) is 8.74. The molecule has 7 heteroatoms. The van der Waals surface area contributed by atoms with Crippen molar-refractivity contribution in [3.8, 4) is 0 Å². The molecule has 2 aliphatic heterocycles. The summed E-state index contributed by atoms with van der Waals surface area (Å²) < 4.78 is 0. The average molecular weight is 421 g/mol. The number of piperidine rings is 1. The fourth-order valence-electron chi connectivity index (χ4n) is 3.57. The maximum absolute atomic E-state index is 13.4. The Morgan fingerprint density at radius 3 is 2.44 bits per heavy atom. The zero-order valence-corrected chi connectivity index (χ0v) is 17.1. The predicted octanol–water partition coefficient (Wildman–Crippen LogP) is 5.07. The number of anilines is 1. The van der Waals surface area contributed by atoms with E-state index in [-0.39, 0.29) is 16.8 Å². The number of carbonyl (C=O) groups is 2. The number of carbonyl (C=O) groups excluding carboxylic acids is 2. The minimum absolute atomic E-state index is 0.208. The van der Waals surface area contributed by atoms with E-state index in [0.717, 1.165) is 35.7 Å². The van der Waals surface area contributed by atoms with Crippen LogP contribution in [0.2, 0.25) is 10.0 Å². The molecule has 2 aliphatic rings. The Bertz CT molecular complexity index is 931. The lowest BCUT2D eigenvalue weighted by molar-refractivity contribution is -0.120. The lowest BCUT2D eigenvalue weighted by Crippen LogP contribution is -2.38. The van der Waals surface area contributed by atoms with Gasteiger partial charge in [-0.05, 0) is 42.3 Å². The first kappa shape index (κ1) is 18.5. The number of nitrogens with zero attached hydrogens (tertiary/aromatic N) is 2. The van der Waals surface area contributed by atoms with E-state index >= 15 is 0 Å². The van der Waals surface area contributed by atoms with Crippen LogP contribution in [-0.2, 0) is 9.59 Å². The highest BCUT2D eigenvalue weighted by Gasteiger charge is 2.44. The van der Waals surface area contributed by atoms with Crippen LogP contribution in [0.15, 0.2) is 41.4 Å². The SMILES string of the molecule is CC1CCN(C2=C(c3cccs3)C(=O)N(c3cccc(Cl)c3Cl)C2=O)CC1. The second kappa shape index (κ2) is 7.30. The van der Waals surface area contributed by atoms with Gasteiger partial charge in [-0.15, -0.1) is 11.3 Å². The summed E-state index contributed by atoms with van der Waals surface area (Å²) >= 11 is 13.9.